The lowest BCUT2D eigenvalue weighted by molar-refractivity contribution is -0.134. The number of aliphatic hydroxyl groups is 1. The molecule has 0 aliphatic carbocycles. The van der Waals surface area contributed by atoms with E-state index in [-0.39, 0.29) is 29.7 Å². The van der Waals surface area contributed by atoms with Crippen molar-refractivity contribution in [2.24, 2.45) is 5.92 Å². The molecule has 32 heavy (non-hydrogen) atoms. The van der Waals surface area contributed by atoms with Crippen LogP contribution in [0.15, 0.2) is 53.7 Å². The summed E-state index contributed by atoms with van der Waals surface area (Å²) in [5, 5.41) is 10.3. The number of nitrogens with two attached hydrogens (primary N) is 1. The number of carbonyl (C=O) groups is 1. The molecule has 3 heterocycles. The lowest BCUT2D eigenvalue weighted by Crippen LogP contribution is -2.51. The van der Waals surface area contributed by atoms with Gasteiger partial charge in [0.2, 0.25) is 15.9 Å². The van der Waals surface area contributed by atoms with E-state index >= 15 is 0 Å². The zero-order chi connectivity index (χ0) is 22.7. The predicted molar refractivity (Wildman–Crippen MR) is 122 cm³/mol. The molecule has 3 aromatic rings. The number of aliphatic hydroxyl groups excluding tert-OH is 1. The number of aromatic amines is 1. The van der Waals surface area contributed by atoms with Gasteiger partial charge in [-0.15, -0.1) is 0 Å². The number of hydrogen-bond donors (Lipinski definition) is 4. The van der Waals surface area contributed by atoms with E-state index in [1.54, 1.807) is 40.1 Å². The number of benzene rings is 1. The summed E-state index contributed by atoms with van der Waals surface area (Å²) in [7, 11) is -3.93. The van der Waals surface area contributed by atoms with Crippen LogP contribution in [0.4, 0.5) is 5.82 Å². The number of piperidine rings is 1. The summed E-state index contributed by atoms with van der Waals surface area (Å²) in [6, 6.07) is 9.34. The predicted octanol–water partition coefficient (Wildman–Crippen LogP) is 1.52. The minimum Gasteiger partial charge on any atom is -0.396 e. The van der Waals surface area contributed by atoms with E-state index in [9.17, 15) is 18.3 Å². The Balaban J connectivity index is 1.54. The van der Waals surface area contributed by atoms with Crippen LogP contribution in [0.1, 0.15) is 19.3 Å². The van der Waals surface area contributed by atoms with Gasteiger partial charge in [-0.3, -0.25) is 4.79 Å². The van der Waals surface area contributed by atoms with Gasteiger partial charge >= 0.3 is 0 Å². The molecule has 1 atom stereocenters. The summed E-state index contributed by atoms with van der Waals surface area (Å²) in [6.07, 6.45) is 5.22. The van der Waals surface area contributed by atoms with Crippen molar-refractivity contribution in [1.82, 2.24) is 19.2 Å². The Hall–Kier alpha value is -2.82. The Morgan fingerprint density at radius 2 is 2.03 bits per heavy atom. The summed E-state index contributed by atoms with van der Waals surface area (Å²) in [6.45, 7) is 1.51. The minimum atomic E-state index is -3.93. The van der Waals surface area contributed by atoms with Gasteiger partial charge in [0.05, 0.1) is 4.90 Å². The van der Waals surface area contributed by atoms with Crippen LogP contribution in [0.3, 0.4) is 0 Å². The molecule has 0 spiro atoms. The number of aryl methyl sites for hydroxylation is 1. The van der Waals surface area contributed by atoms with E-state index < -0.39 is 16.1 Å². The number of amides is 1. The number of H-pyrrole nitrogens is 1. The first-order chi connectivity index (χ1) is 15.4. The van der Waals surface area contributed by atoms with Gasteiger partial charge in [-0.05, 0) is 60.9 Å². The second-order valence-corrected chi connectivity index (χ2v) is 9.98. The second kappa shape index (κ2) is 9.35. The molecule has 10 heteroatoms. The molecule has 5 N–H and O–H groups in total. The van der Waals surface area contributed by atoms with Gasteiger partial charge in [0.15, 0.2) is 0 Å². The molecule has 1 aromatic carbocycles. The molecule has 172 valence electrons. The highest BCUT2D eigenvalue weighted by Crippen LogP contribution is 2.21. The number of nitrogen functional groups attached to an aromatic ring is 1. The van der Waals surface area contributed by atoms with Crippen molar-refractivity contribution in [2.75, 3.05) is 25.4 Å². The van der Waals surface area contributed by atoms with Crippen LogP contribution in [-0.2, 0) is 21.4 Å². The van der Waals surface area contributed by atoms with E-state index in [1.807, 2.05) is 12.1 Å². The van der Waals surface area contributed by atoms with Crippen LogP contribution < -0.4 is 10.5 Å². The number of sulfonamides is 1. The second-order valence-electron chi connectivity index (χ2n) is 8.27. The van der Waals surface area contributed by atoms with E-state index in [2.05, 4.69) is 9.71 Å². The van der Waals surface area contributed by atoms with Crippen LogP contribution in [0.25, 0.3) is 10.9 Å². The smallest absolute Gasteiger partial charge is 0.241 e. The van der Waals surface area contributed by atoms with Gasteiger partial charge in [0.25, 0.3) is 0 Å². The Labute approximate surface area is 187 Å². The molecule has 1 fully saturated rings. The average molecular weight is 460 g/mol. The van der Waals surface area contributed by atoms with Crippen LogP contribution in [0.5, 0.6) is 0 Å². The summed E-state index contributed by atoms with van der Waals surface area (Å²) < 4.78 is 30.7. The number of rotatable bonds is 8. The quantitative estimate of drug-likeness (QED) is 0.405. The zero-order valence-corrected chi connectivity index (χ0v) is 18.6. The maximum Gasteiger partial charge on any atom is 0.241 e. The number of fused-ring (bicyclic) bond motifs is 1. The molecule has 0 bridgehead atoms. The summed E-state index contributed by atoms with van der Waals surface area (Å²) in [4.78, 5) is 18.1. The highest BCUT2D eigenvalue weighted by atomic mass is 32.2. The number of aromatic nitrogens is 2. The summed E-state index contributed by atoms with van der Waals surface area (Å²) in [5.41, 5.74) is 6.65. The third-order valence-corrected chi connectivity index (χ3v) is 7.61. The van der Waals surface area contributed by atoms with Gasteiger partial charge in [-0.2, -0.15) is 4.72 Å². The van der Waals surface area contributed by atoms with Gasteiger partial charge in [0.1, 0.15) is 11.9 Å². The van der Waals surface area contributed by atoms with Crippen LogP contribution >= 0.6 is 0 Å². The van der Waals surface area contributed by atoms with Gasteiger partial charge in [0, 0.05) is 44.2 Å². The fraction of sp³-hybridized carbons (Fsp3) is 0.409. The Morgan fingerprint density at radius 1 is 1.25 bits per heavy atom. The highest BCUT2D eigenvalue weighted by molar-refractivity contribution is 7.89. The molecule has 4 rings (SSSR count). The molecule has 9 nitrogen and oxygen atoms in total. The Morgan fingerprint density at radius 3 is 2.72 bits per heavy atom. The molecule has 1 saturated heterocycles. The lowest BCUT2D eigenvalue weighted by Gasteiger charge is -2.34. The van der Waals surface area contributed by atoms with E-state index in [0.717, 1.165) is 5.39 Å². The monoisotopic (exact) mass is 459 g/mol. The summed E-state index contributed by atoms with van der Waals surface area (Å²) >= 11 is 0. The van der Waals surface area contributed by atoms with Crippen molar-refractivity contribution in [3.8, 4) is 0 Å². The Bertz CT molecular complexity index is 1180. The first-order valence-electron chi connectivity index (χ1n) is 10.8. The third-order valence-electron chi connectivity index (χ3n) is 6.14. The van der Waals surface area contributed by atoms with Crippen molar-refractivity contribution in [3.05, 3.63) is 48.8 Å². The molecule has 2 aromatic heterocycles. The van der Waals surface area contributed by atoms with Crippen molar-refractivity contribution >= 4 is 32.7 Å². The number of carbonyl (C=O) groups excluding carboxylic acids is 1. The fourth-order valence-corrected chi connectivity index (χ4v) is 5.39. The number of nitrogens with zero attached hydrogens (tertiary/aromatic N) is 2. The third kappa shape index (κ3) is 4.82. The standard InChI is InChI=1S/C22H29N5O4S/c23-21-2-1-10-26(21)13-8-19(22(29)27-11-6-16(15-28)7-12-27)25-32(30,31)18-4-3-17-5-9-24-20(17)14-18/h1-5,9-10,14,16,19,24-25,28H,6-8,11-13,15,23H2. The summed E-state index contributed by atoms with van der Waals surface area (Å²) in [5.74, 6) is 0.484. The SMILES string of the molecule is Nc1cccn1CCC(NS(=O)(=O)c1ccc2cc[nH]c2c1)C(=O)N1CCC(CO)CC1. The van der Waals surface area contributed by atoms with E-state index in [0.29, 0.717) is 43.8 Å². The number of nitrogens with one attached hydrogen (secondary N) is 2. The molecule has 1 aliphatic heterocycles. The molecule has 0 saturated carbocycles. The largest absolute Gasteiger partial charge is 0.396 e. The number of likely N-dealkylation sites (tertiary alicyclic amines) is 1. The van der Waals surface area contributed by atoms with E-state index in [1.165, 1.54) is 6.07 Å². The normalized spacial score (nSPS) is 16.5. The molecular formula is C22H29N5O4S. The average Bonchev–Trinajstić information content (AvgIpc) is 3.44. The van der Waals surface area contributed by atoms with Gasteiger partial charge in [-0.25, -0.2) is 8.42 Å². The molecule has 1 aliphatic rings. The maximum atomic E-state index is 13.3. The lowest BCUT2D eigenvalue weighted by atomic mass is 9.97. The van der Waals surface area contributed by atoms with E-state index in [4.69, 9.17) is 5.73 Å². The van der Waals surface area contributed by atoms with Crippen LogP contribution in [0.2, 0.25) is 0 Å². The minimum absolute atomic E-state index is 0.102. The first-order valence-corrected chi connectivity index (χ1v) is 12.3. The zero-order valence-electron chi connectivity index (χ0n) is 17.8. The van der Waals surface area contributed by atoms with Gasteiger partial charge < -0.3 is 25.3 Å². The first kappa shape index (κ1) is 22.4. The molecule has 1 unspecified atom stereocenters. The maximum absolute atomic E-state index is 13.3. The number of anilines is 1. The Kier molecular flexibility index (Phi) is 6.54. The van der Waals surface area contributed by atoms with Crippen molar-refractivity contribution in [1.29, 1.82) is 0 Å². The topological polar surface area (TPSA) is 133 Å². The number of hydrogen-bond acceptors (Lipinski definition) is 5. The fourth-order valence-electron chi connectivity index (χ4n) is 4.14. The van der Waals surface area contributed by atoms with Crippen molar-refractivity contribution < 1.29 is 18.3 Å². The molecular weight excluding hydrogens is 430 g/mol. The van der Waals surface area contributed by atoms with Crippen LogP contribution in [-0.4, -0.2) is 59.6 Å². The molecule has 0 radical (unpaired) electrons. The van der Waals surface area contributed by atoms with Crippen molar-refractivity contribution in [2.45, 2.75) is 36.7 Å². The van der Waals surface area contributed by atoms with Crippen LogP contribution in [0, 0.1) is 5.92 Å². The van der Waals surface area contributed by atoms with Gasteiger partial charge in [-0.1, -0.05) is 6.07 Å². The highest BCUT2D eigenvalue weighted by Gasteiger charge is 2.31. The van der Waals surface area contributed by atoms with Crippen molar-refractivity contribution in [3.63, 3.8) is 0 Å². The molecule has 1 amide bonds.